The first-order valence-corrected chi connectivity index (χ1v) is 6.09. The topological polar surface area (TPSA) is 27.1 Å². The van der Waals surface area contributed by atoms with Crippen molar-refractivity contribution in [2.24, 2.45) is 0 Å². The Morgan fingerprint density at radius 2 is 2.18 bits per heavy atom. The van der Waals surface area contributed by atoms with Crippen LogP contribution in [0.1, 0.15) is 24.7 Å². The molecule has 0 aliphatic carbocycles. The third-order valence-electron chi connectivity index (χ3n) is 3.28. The van der Waals surface area contributed by atoms with E-state index < -0.39 is 0 Å². The number of hydrogen-bond acceptors (Lipinski definition) is 2. The number of aromatic nitrogens is 2. The van der Waals surface area contributed by atoms with Gasteiger partial charge in [0.05, 0.1) is 11.3 Å². The van der Waals surface area contributed by atoms with Crippen LogP contribution in [0.2, 0.25) is 0 Å². The number of imidazole rings is 1. The van der Waals surface area contributed by atoms with Gasteiger partial charge in [0.15, 0.2) is 6.73 Å². The molecular formula is C14H16N2O. The van der Waals surface area contributed by atoms with Crippen LogP contribution in [0.15, 0.2) is 24.3 Å². The van der Waals surface area contributed by atoms with Crippen LogP contribution in [0.4, 0.5) is 0 Å². The van der Waals surface area contributed by atoms with Crippen molar-refractivity contribution < 1.29 is 4.74 Å². The predicted molar refractivity (Wildman–Crippen MR) is 67.0 cm³/mol. The van der Waals surface area contributed by atoms with Gasteiger partial charge in [-0.05, 0) is 25.5 Å². The van der Waals surface area contributed by atoms with E-state index in [4.69, 9.17) is 9.72 Å². The van der Waals surface area contributed by atoms with Gasteiger partial charge >= 0.3 is 0 Å². The SMILES string of the molecule is CCCc1nc2n(c1C)COc1ccccc1-2. The highest BCUT2D eigenvalue weighted by Crippen LogP contribution is 2.34. The van der Waals surface area contributed by atoms with Crippen molar-refractivity contribution >= 4 is 0 Å². The van der Waals surface area contributed by atoms with Crippen LogP contribution < -0.4 is 4.74 Å². The Bertz CT molecular complexity index is 557. The van der Waals surface area contributed by atoms with Crippen LogP contribution in [-0.4, -0.2) is 9.55 Å². The lowest BCUT2D eigenvalue weighted by atomic mass is 10.2. The summed E-state index contributed by atoms with van der Waals surface area (Å²) >= 11 is 0. The van der Waals surface area contributed by atoms with Gasteiger partial charge in [-0.3, -0.25) is 4.57 Å². The van der Waals surface area contributed by atoms with Crippen molar-refractivity contribution in [1.82, 2.24) is 9.55 Å². The summed E-state index contributed by atoms with van der Waals surface area (Å²) in [6, 6.07) is 8.10. The molecule has 1 aromatic carbocycles. The number of fused-ring (bicyclic) bond motifs is 3. The van der Waals surface area contributed by atoms with Crippen molar-refractivity contribution in [3.05, 3.63) is 35.7 Å². The largest absolute Gasteiger partial charge is 0.472 e. The van der Waals surface area contributed by atoms with Crippen LogP contribution in [0.5, 0.6) is 5.75 Å². The maximum Gasteiger partial charge on any atom is 0.166 e. The molecule has 88 valence electrons. The monoisotopic (exact) mass is 228 g/mol. The summed E-state index contributed by atoms with van der Waals surface area (Å²) in [6.07, 6.45) is 2.16. The molecule has 0 fully saturated rings. The Balaban J connectivity index is 2.16. The second kappa shape index (κ2) is 3.91. The lowest BCUT2D eigenvalue weighted by Crippen LogP contribution is -2.13. The summed E-state index contributed by atoms with van der Waals surface area (Å²) in [5, 5.41) is 0. The van der Waals surface area contributed by atoms with Gasteiger partial charge in [0.25, 0.3) is 0 Å². The van der Waals surface area contributed by atoms with Gasteiger partial charge in [-0.1, -0.05) is 25.5 Å². The summed E-state index contributed by atoms with van der Waals surface area (Å²) in [7, 11) is 0. The second-order valence-electron chi connectivity index (χ2n) is 4.42. The molecule has 0 unspecified atom stereocenters. The molecule has 17 heavy (non-hydrogen) atoms. The summed E-state index contributed by atoms with van der Waals surface area (Å²) in [4.78, 5) is 4.76. The molecule has 1 aliphatic rings. The van der Waals surface area contributed by atoms with Crippen molar-refractivity contribution in [2.75, 3.05) is 0 Å². The van der Waals surface area contributed by atoms with E-state index in [0.717, 1.165) is 30.0 Å². The molecule has 1 aliphatic heterocycles. The Morgan fingerprint density at radius 1 is 1.35 bits per heavy atom. The van der Waals surface area contributed by atoms with Crippen LogP contribution in [0.3, 0.4) is 0 Å². The van der Waals surface area contributed by atoms with E-state index in [1.807, 2.05) is 18.2 Å². The molecular weight excluding hydrogens is 212 g/mol. The van der Waals surface area contributed by atoms with E-state index in [0.29, 0.717) is 6.73 Å². The van der Waals surface area contributed by atoms with E-state index in [9.17, 15) is 0 Å². The first-order valence-electron chi connectivity index (χ1n) is 6.09. The second-order valence-corrected chi connectivity index (χ2v) is 4.42. The molecule has 0 spiro atoms. The van der Waals surface area contributed by atoms with Crippen LogP contribution in [0, 0.1) is 6.92 Å². The van der Waals surface area contributed by atoms with Crippen LogP contribution >= 0.6 is 0 Å². The fourth-order valence-corrected chi connectivity index (χ4v) is 2.33. The number of nitrogens with zero attached hydrogens (tertiary/aromatic N) is 2. The van der Waals surface area contributed by atoms with E-state index in [1.54, 1.807) is 0 Å². The van der Waals surface area contributed by atoms with Gasteiger partial charge in [0.2, 0.25) is 0 Å². The van der Waals surface area contributed by atoms with Gasteiger partial charge < -0.3 is 4.74 Å². The molecule has 2 aromatic rings. The molecule has 1 aromatic heterocycles. The molecule has 0 amide bonds. The van der Waals surface area contributed by atoms with Gasteiger partial charge in [-0.25, -0.2) is 4.98 Å². The highest BCUT2D eigenvalue weighted by Gasteiger charge is 2.21. The van der Waals surface area contributed by atoms with E-state index in [-0.39, 0.29) is 0 Å². The molecule has 0 atom stereocenters. The van der Waals surface area contributed by atoms with Crippen molar-refractivity contribution in [1.29, 1.82) is 0 Å². The van der Waals surface area contributed by atoms with E-state index in [1.165, 1.54) is 11.4 Å². The molecule has 0 bridgehead atoms. The minimum absolute atomic E-state index is 0.578. The molecule has 0 saturated carbocycles. The van der Waals surface area contributed by atoms with Crippen molar-refractivity contribution in [3.63, 3.8) is 0 Å². The van der Waals surface area contributed by atoms with Crippen molar-refractivity contribution in [2.45, 2.75) is 33.4 Å². The fraction of sp³-hybridized carbons (Fsp3) is 0.357. The Hall–Kier alpha value is -1.77. The zero-order valence-corrected chi connectivity index (χ0v) is 10.2. The highest BCUT2D eigenvalue weighted by atomic mass is 16.5. The number of para-hydroxylation sites is 1. The molecule has 0 N–H and O–H groups in total. The first kappa shape index (κ1) is 10.4. The standard InChI is InChI=1S/C14H16N2O/c1-3-6-12-10(2)16-9-17-13-8-5-4-7-11(13)14(16)15-12/h4-5,7-8H,3,6,9H2,1-2H3. The summed E-state index contributed by atoms with van der Waals surface area (Å²) in [5.74, 6) is 1.99. The van der Waals surface area contributed by atoms with Crippen molar-refractivity contribution in [3.8, 4) is 17.1 Å². The third-order valence-corrected chi connectivity index (χ3v) is 3.28. The first-order chi connectivity index (χ1) is 8.31. The van der Waals surface area contributed by atoms with Gasteiger partial charge in [-0.2, -0.15) is 0 Å². The highest BCUT2D eigenvalue weighted by molar-refractivity contribution is 5.66. The number of hydrogen-bond donors (Lipinski definition) is 0. The fourth-order valence-electron chi connectivity index (χ4n) is 2.33. The molecule has 0 saturated heterocycles. The summed E-state index contributed by atoms with van der Waals surface area (Å²) in [6.45, 7) is 4.88. The smallest absolute Gasteiger partial charge is 0.166 e. The summed E-state index contributed by atoms with van der Waals surface area (Å²) in [5.41, 5.74) is 3.53. The Morgan fingerprint density at radius 3 is 3.00 bits per heavy atom. The quantitative estimate of drug-likeness (QED) is 0.789. The minimum Gasteiger partial charge on any atom is -0.472 e. The van der Waals surface area contributed by atoms with Gasteiger partial charge in [-0.15, -0.1) is 0 Å². The number of benzene rings is 1. The normalized spacial score (nSPS) is 12.8. The van der Waals surface area contributed by atoms with Gasteiger partial charge in [0, 0.05) is 5.69 Å². The van der Waals surface area contributed by atoms with E-state index in [2.05, 4.69) is 24.5 Å². The van der Waals surface area contributed by atoms with E-state index >= 15 is 0 Å². The summed E-state index contributed by atoms with van der Waals surface area (Å²) < 4.78 is 7.91. The number of aryl methyl sites for hydroxylation is 1. The maximum absolute atomic E-state index is 5.75. The van der Waals surface area contributed by atoms with Gasteiger partial charge in [0.1, 0.15) is 11.6 Å². The zero-order valence-electron chi connectivity index (χ0n) is 10.2. The Labute approximate surface area is 101 Å². The third kappa shape index (κ3) is 1.54. The number of rotatable bonds is 2. The zero-order chi connectivity index (χ0) is 11.8. The average Bonchev–Trinajstić information content (AvgIpc) is 2.68. The van der Waals surface area contributed by atoms with Crippen LogP contribution in [0.25, 0.3) is 11.4 Å². The lowest BCUT2D eigenvalue weighted by molar-refractivity contribution is 0.227. The Kier molecular flexibility index (Phi) is 2.39. The molecule has 0 radical (unpaired) electrons. The van der Waals surface area contributed by atoms with Crippen LogP contribution in [-0.2, 0) is 13.2 Å². The molecule has 3 heteroatoms. The number of ether oxygens (including phenoxy) is 1. The predicted octanol–water partition coefficient (Wildman–Crippen LogP) is 3.16. The molecule has 3 rings (SSSR count). The lowest BCUT2D eigenvalue weighted by Gasteiger charge is -2.19. The average molecular weight is 228 g/mol. The maximum atomic E-state index is 5.75. The minimum atomic E-state index is 0.578. The molecule has 3 nitrogen and oxygen atoms in total. The molecule has 2 heterocycles.